The molecule has 0 bridgehead atoms. The molecule has 0 aliphatic carbocycles. The molecule has 1 aromatic heterocycles. The van der Waals surface area contributed by atoms with Crippen LogP contribution in [0.4, 0.5) is 0 Å². The summed E-state index contributed by atoms with van der Waals surface area (Å²) in [6.07, 6.45) is 1.49. The van der Waals surface area contributed by atoms with E-state index in [2.05, 4.69) is 0 Å². The first-order valence-electron chi connectivity index (χ1n) is 5.62. The van der Waals surface area contributed by atoms with Crippen molar-refractivity contribution < 1.29 is 14.6 Å². The predicted octanol–water partition coefficient (Wildman–Crippen LogP) is 2.22. The van der Waals surface area contributed by atoms with Gasteiger partial charge in [0.2, 0.25) is 0 Å². The SMILES string of the molecule is COc1cccc2c1cc1n2C(C(=O)O)CC1. The standard InChI is InChI=1S/C13H13NO3/c1-17-12-4-2-3-10-9(12)7-8-5-6-11(13(15)16)14(8)10/h2-4,7,11H,5-6H2,1H3,(H,15,16). The van der Waals surface area contributed by atoms with Gasteiger partial charge >= 0.3 is 5.97 Å². The Labute approximate surface area is 98.4 Å². The van der Waals surface area contributed by atoms with Crippen molar-refractivity contribution in [3.63, 3.8) is 0 Å². The Balaban J connectivity index is 2.28. The van der Waals surface area contributed by atoms with Crippen molar-refractivity contribution >= 4 is 16.9 Å². The highest BCUT2D eigenvalue weighted by Gasteiger charge is 2.30. The number of carboxylic acids is 1. The third kappa shape index (κ3) is 1.33. The Bertz CT molecular complexity index is 600. The number of carbonyl (C=O) groups is 1. The van der Waals surface area contributed by atoms with E-state index in [1.807, 2.05) is 28.8 Å². The monoisotopic (exact) mass is 231 g/mol. The highest BCUT2D eigenvalue weighted by Crippen LogP contribution is 2.36. The summed E-state index contributed by atoms with van der Waals surface area (Å²) in [4.78, 5) is 11.2. The summed E-state index contributed by atoms with van der Waals surface area (Å²) in [7, 11) is 1.63. The van der Waals surface area contributed by atoms with Crippen LogP contribution in [0.1, 0.15) is 18.2 Å². The molecule has 1 N–H and O–H groups in total. The number of rotatable bonds is 2. The fourth-order valence-corrected chi connectivity index (χ4v) is 2.66. The van der Waals surface area contributed by atoms with Crippen molar-refractivity contribution in [3.05, 3.63) is 30.0 Å². The summed E-state index contributed by atoms with van der Waals surface area (Å²) in [6, 6.07) is 7.34. The number of methoxy groups -OCH3 is 1. The summed E-state index contributed by atoms with van der Waals surface area (Å²) < 4.78 is 7.22. The first-order chi connectivity index (χ1) is 8.22. The number of aryl methyl sites for hydroxylation is 1. The van der Waals surface area contributed by atoms with E-state index in [-0.39, 0.29) is 0 Å². The molecule has 1 aliphatic heterocycles. The molecule has 1 unspecified atom stereocenters. The molecule has 88 valence electrons. The fourth-order valence-electron chi connectivity index (χ4n) is 2.66. The molecule has 4 heteroatoms. The molecule has 1 atom stereocenters. The topological polar surface area (TPSA) is 51.5 Å². The van der Waals surface area contributed by atoms with Crippen molar-refractivity contribution in [2.24, 2.45) is 0 Å². The van der Waals surface area contributed by atoms with Crippen LogP contribution < -0.4 is 4.74 Å². The lowest BCUT2D eigenvalue weighted by Crippen LogP contribution is -2.14. The minimum absolute atomic E-state index is 0.436. The van der Waals surface area contributed by atoms with Crippen LogP contribution in [-0.2, 0) is 11.2 Å². The number of fused-ring (bicyclic) bond motifs is 3. The van der Waals surface area contributed by atoms with E-state index in [1.54, 1.807) is 7.11 Å². The summed E-state index contributed by atoms with van der Waals surface area (Å²) in [5.41, 5.74) is 2.03. The molecule has 0 fully saturated rings. The molecule has 2 heterocycles. The average Bonchev–Trinajstić information content (AvgIpc) is 2.86. The lowest BCUT2D eigenvalue weighted by molar-refractivity contribution is -0.140. The van der Waals surface area contributed by atoms with Gasteiger partial charge in [-0.25, -0.2) is 4.79 Å². The number of aromatic nitrogens is 1. The third-order valence-corrected chi connectivity index (χ3v) is 3.41. The number of ether oxygens (including phenoxy) is 1. The van der Waals surface area contributed by atoms with Gasteiger partial charge in [0, 0.05) is 11.1 Å². The quantitative estimate of drug-likeness (QED) is 0.862. The second-order valence-corrected chi connectivity index (χ2v) is 4.29. The van der Waals surface area contributed by atoms with Gasteiger partial charge < -0.3 is 14.4 Å². The normalized spacial score (nSPS) is 18.3. The number of carboxylic acid groups (broad SMARTS) is 1. The van der Waals surface area contributed by atoms with E-state index in [1.165, 1.54) is 0 Å². The van der Waals surface area contributed by atoms with Gasteiger partial charge in [-0.05, 0) is 31.0 Å². The summed E-state index contributed by atoms with van der Waals surface area (Å²) in [6.45, 7) is 0. The van der Waals surface area contributed by atoms with Crippen LogP contribution in [0.3, 0.4) is 0 Å². The van der Waals surface area contributed by atoms with Gasteiger partial charge in [0.25, 0.3) is 0 Å². The van der Waals surface area contributed by atoms with E-state index in [4.69, 9.17) is 4.74 Å². The van der Waals surface area contributed by atoms with Crippen molar-refractivity contribution in [1.82, 2.24) is 4.57 Å². The van der Waals surface area contributed by atoms with Gasteiger partial charge in [-0.15, -0.1) is 0 Å². The molecule has 0 amide bonds. The molecule has 2 aromatic rings. The van der Waals surface area contributed by atoms with E-state index in [0.717, 1.165) is 28.8 Å². The maximum Gasteiger partial charge on any atom is 0.326 e. The largest absolute Gasteiger partial charge is 0.496 e. The lowest BCUT2D eigenvalue weighted by Gasteiger charge is -2.10. The highest BCUT2D eigenvalue weighted by atomic mass is 16.5. The maximum absolute atomic E-state index is 11.2. The zero-order chi connectivity index (χ0) is 12.0. The van der Waals surface area contributed by atoms with Crippen LogP contribution in [0, 0.1) is 0 Å². The Morgan fingerprint density at radius 1 is 1.53 bits per heavy atom. The number of aliphatic carboxylic acids is 1. The van der Waals surface area contributed by atoms with Gasteiger partial charge in [-0.2, -0.15) is 0 Å². The summed E-state index contributed by atoms with van der Waals surface area (Å²) >= 11 is 0. The molecule has 4 nitrogen and oxygen atoms in total. The zero-order valence-corrected chi connectivity index (χ0v) is 9.51. The molecular weight excluding hydrogens is 218 g/mol. The average molecular weight is 231 g/mol. The zero-order valence-electron chi connectivity index (χ0n) is 9.51. The van der Waals surface area contributed by atoms with Gasteiger partial charge in [-0.1, -0.05) is 6.07 Å². The van der Waals surface area contributed by atoms with Gasteiger partial charge in [0.15, 0.2) is 0 Å². The van der Waals surface area contributed by atoms with Gasteiger partial charge in [0.05, 0.1) is 12.6 Å². The predicted molar refractivity (Wildman–Crippen MR) is 63.5 cm³/mol. The van der Waals surface area contributed by atoms with Crippen molar-refractivity contribution in [2.75, 3.05) is 7.11 Å². The molecule has 3 rings (SSSR count). The molecule has 0 radical (unpaired) electrons. The molecule has 17 heavy (non-hydrogen) atoms. The van der Waals surface area contributed by atoms with E-state index in [9.17, 15) is 9.90 Å². The third-order valence-electron chi connectivity index (χ3n) is 3.41. The van der Waals surface area contributed by atoms with E-state index < -0.39 is 12.0 Å². The lowest BCUT2D eigenvalue weighted by atomic mass is 10.1. The van der Waals surface area contributed by atoms with E-state index >= 15 is 0 Å². The molecule has 0 saturated heterocycles. The van der Waals surface area contributed by atoms with Gasteiger partial charge in [-0.3, -0.25) is 0 Å². The Morgan fingerprint density at radius 2 is 2.35 bits per heavy atom. The van der Waals surface area contributed by atoms with Crippen molar-refractivity contribution in [2.45, 2.75) is 18.9 Å². The number of nitrogens with zero attached hydrogens (tertiary/aromatic N) is 1. The van der Waals surface area contributed by atoms with Crippen LogP contribution in [0.2, 0.25) is 0 Å². The number of benzene rings is 1. The highest BCUT2D eigenvalue weighted by molar-refractivity contribution is 5.89. The van der Waals surface area contributed by atoms with Crippen molar-refractivity contribution in [3.8, 4) is 5.75 Å². The summed E-state index contributed by atoms with van der Waals surface area (Å²) in [5, 5.41) is 10.2. The molecule has 1 aliphatic rings. The second-order valence-electron chi connectivity index (χ2n) is 4.29. The van der Waals surface area contributed by atoms with Crippen LogP contribution in [0.15, 0.2) is 24.3 Å². The first-order valence-corrected chi connectivity index (χ1v) is 5.62. The van der Waals surface area contributed by atoms with Crippen LogP contribution in [0.5, 0.6) is 5.75 Å². The number of hydrogen-bond donors (Lipinski definition) is 1. The second kappa shape index (κ2) is 3.52. The number of hydrogen-bond acceptors (Lipinski definition) is 2. The molecule has 0 saturated carbocycles. The first kappa shape index (κ1) is 10.2. The minimum atomic E-state index is -0.760. The Morgan fingerprint density at radius 3 is 3.06 bits per heavy atom. The molecule has 0 spiro atoms. The van der Waals surface area contributed by atoms with E-state index in [0.29, 0.717) is 6.42 Å². The van der Waals surface area contributed by atoms with Crippen LogP contribution >= 0.6 is 0 Å². The Kier molecular flexibility index (Phi) is 2.11. The van der Waals surface area contributed by atoms with Crippen LogP contribution in [-0.4, -0.2) is 22.8 Å². The summed E-state index contributed by atoms with van der Waals surface area (Å²) in [5.74, 6) is 0.0395. The fraction of sp³-hybridized carbons (Fsp3) is 0.308. The smallest absolute Gasteiger partial charge is 0.326 e. The van der Waals surface area contributed by atoms with Gasteiger partial charge in [0.1, 0.15) is 11.8 Å². The Hall–Kier alpha value is -1.97. The van der Waals surface area contributed by atoms with Crippen LogP contribution in [0.25, 0.3) is 10.9 Å². The van der Waals surface area contributed by atoms with Crippen molar-refractivity contribution in [1.29, 1.82) is 0 Å². The molecule has 1 aromatic carbocycles. The maximum atomic E-state index is 11.2. The molecular formula is C13H13NO3. The minimum Gasteiger partial charge on any atom is -0.496 e.